The van der Waals surface area contributed by atoms with Gasteiger partial charge in [0, 0.05) is 10.7 Å². The molecule has 0 aliphatic rings. The molecule has 0 fully saturated rings. The molecular formula is C24H20ClN3O2S2. The Balaban J connectivity index is 1.47. The average Bonchev–Trinajstić information content (AvgIpc) is 3.21. The highest BCUT2D eigenvalue weighted by molar-refractivity contribution is 8.01. The van der Waals surface area contributed by atoms with Crippen molar-refractivity contribution in [2.75, 3.05) is 11.1 Å². The molecule has 162 valence electrons. The highest BCUT2D eigenvalue weighted by Gasteiger charge is 2.23. The minimum atomic E-state index is -0.852. The van der Waals surface area contributed by atoms with Crippen molar-refractivity contribution >= 4 is 62.4 Å². The Bertz CT molecular complexity index is 1220. The summed E-state index contributed by atoms with van der Waals surface area (Å²) in [7, 11) is 0. The van der Waals surface area contributed by atoms with E-state index in [-0.39, 0.29) is 17.6 Å². The van der Waals surface area contributed by atoms with Crippen LogP contribution < -0.4 is 10.6 Å². The van der Waals surface area contributed by atoms with Crippen LogP contribution in [0.15, 0.2) is 77.1 Å². The van der Waals surface area contributed by atoms with E-state index < -0.39 is 6.04 Å². The smallest absolute Gasteiger partial charge is 0.251 e. The van der Waals surface area contributed by atoms with E-state index in [1.165, 1.54) is 11.8 Å². The maximum Gasteiger partial charge on any atom is 0.251 e. The molecule has 1 heterocycles. The van der Waals surface area contributed by atoms with Gasteiger partial charge in [-0.3, -0.25) is 9.59 Å². The van der Waals surface area contributed by atoms with Gasteiger partial charge in [-0.05, 0) is 48.4 Å². The maximum atomic E-state index is 13.1. The molecule has 2 amide bonds. The third-order valence-electron chi connectivity index (χ3n) is 4.77. The van der Waals surface area contributed by atoms with Crippen LogP contribution in [0.3, 0.4) is 0 Å². The van der Waals surface area contributed by atoms with Crippen LogP contribution in [0, 0.1) is 6.92 Å². The number of nitrogens with zero attached hydrogens (tertiary/aromatic N) is 1. The lowest BCUT2D eigenvalue weighted by molar-refractivity contribution is -0.125. The van der Waals surface area contributed by atoms with E-state index in [0.717, 1.165) is 20.1 Å². The number of carbonyl (C=O) groups excluding carboxylic acids is 2. The Labute approximate surface area is 199 Å². The van der Waals surface area contributed by atoms with Gasteiger partial charge in [0.2, 0.25) is 5.91 Å². The third-order valence-corrected chi connectivity index (χ3v) is 7.21. The van der Waals surface area contributed by atoms with Crippen LogP contribution in [0.1, 0.15) is 17.2 Å². The molecule has 0 radical (unpaired) electrons. The summed E-state index contributed by atoms with van der Waals surface area (Å²) in [6.45, 7) is 1.92. The van der Waals surface area contributed by atoms with Crippen LogP contribution in [0.5, 0.6) is 0 Å². The van der Waals surface area contributed by atoms with Gasteiger partial charge in [0.15, 0.2) is 4.34 Å². The molecule has 2 N–H and O–H groups in total. The molecule has 5 nitrogen and oxygen atoms in total. The first-order valence-corrected chi connectivity index (χ1v) is 12.1. The molecule has 0 saturated carbocycles. The van der Waals surface area contributed by atoms with E-state index >= 15 is 0 Å². The summed E-state index contributed by atoms with van der Waals surface area (Å²) in [5.74, 6) is -0.421. The van der Waals surface area contributed by atoms with E-state index in [1.54, 1.807) is 35.6 Å². The Kier molecular flexibility index (Phi) is 7.09. The van der Waals surface area contributed by atoms with Crippen LogP contribution in [0.25, 0.3) is 10.2 Å². The topological polar surface area (TPSA) is 71.1 Å². The van der Waals surface area contributed by atoms with Crippen LogP contribution in [0.4, 0.5) is 5.69 Å². The first-order chi connectivity index (χ1) is 15.5. The predicted octanol–water partition coefficient (Wildman–Crippen LogP) is 5.85. The van der Waals surface area contributed by atoms with E-state index in [4.69, 9.17) is 11.6 Å². The van der Waals surface area contributed by atoms with Gasteiger partial charge in [-0.25, -0.2) is 4.98 Å². The number of thioether (sulfide) groups is 1. The Hall–Kier alpha value is -2.87. The first kappa shape index (κ1) is 22.3. The predicted molar refractivity (Wildman–Crippen MR) is 132 cm³/mol. The number of aryl methyl sites for hydroxylation is 1. The number of thiazole rings is 1. The average molecular weight is 482 g/mol. The van der Waals surface area contributed by atoms with Crippen LogP contribution >= 0.6 is 34.7 Å². The molecule has 4 rings (SSSR count). The summed E-state index contributed by atoms with van der Waals surface area (Å²) in [6, 6.07) is 21.4. The van der Waals surface area contributed by atoms with Crippen molar-refractivity contribution in [2.45, 2.75) is 17.3 Å². The summed E-state index contributed by atoms with van der Waals surface area (Å²) in [6.07, 6.45) is 0. The van der Waals surface area contributed by atoms with Gasteiger partial charge in [0.1, 0.15) is 6.04 Å². The fourth-order valence-corrected chi connectivity index (χ4v) is 5.12. The van der Waals surface area contributed by atoms with Gasteiger partial charge in [-0.2, -0.15) is 0 Å². The highest BCUT2D eigenvalue weighted by Crippen LogP contribution is 2.29. The second kappa shape index (κ2) is 10.2. The van der Waals surface area contributed by atoms with Crippen molar-refractivity contribution in [3.63, 3.8) is 0 Å². The lowest BCUT2D eigenvalue weighted by Gasteiger charge is -2.19. The molecule has 4 aromatic rings. The zero-order valence-corrected chi connectivity index (χ0v) is 19.6. The van der Waals surface area contributed by atoms with Crippen molar-refractivity contribution in [1.29, 1.82) is 0 Å². The van der Waals surface area contributed by atoms with Gasteiger partial charge in [0.25, 0.3) is 5.91 Å². The summed E-state index contributed by atoms with van der Waals surface area (Å²) in [5, 5.41) is 6.33. The number of halogens is 1. The molecule has 1 atom stereocenters. The number of fused-ring (bicyclic) bond motifs is 1. The number of rotatable bonds is 7. The highest BCUT2D eigenvalue weighted by atomic mass is 35.5. The molecule has 0 aliphatic carbocycles. The first-order valence-electron chi connectivity index (χ1n) is 9.89. The van der Waals surface area contributed by atoms with Gasteiger partial charge >= 0.3 is 0 Å². The van der Waals surface area contributed by atoms with Crippen LogP contribution in [-0.4, -0.2) is 22.6 Å². The number of amides is 2. The molecule has 0 unspecified atom stereocenters. The van der Waals surface area contributed by atoms with Crippen molar-refractivity contribution in [1.82, 2.24) is 10.3 Å². The third kappa shape index (κ3) is 5.48. The summed E-state index contributed by atoms with van der Waals surface area (Å²) in [5.41, 5.74) is 3.21. The van der Waals surface area contributed by atoms with Gasteiger partial charge in [-0.15, -0.1) is 11.3 Å². The molecule has 1 aromatic heterocycles. The second-order valence-corrected chi connectivity index (χ2v) is 9.78. The zero-order chi connectivity index (χ0) is 22.5. The van der Waals surface area contributed by atoms with Gasteiger partial charge in [0.05, 0.1) is 16.0 Å². The maximum absolute atomic E-state index is 13.1. The quantitative estimate of drug-likeness (QED) is 0.325. The van der Waals surface area contributed by atoms with Crippen molar-refractivity contribution in [3.05, 3.63) is 88.9 Å². The fourth-order valence-electron chi connectivity index (χ4n) is 3.12. The summed E-state index contributed by atoms with van der Waals surface area (Å²) >= 11 is 8.90. The lowest BCUT2D eigenvalue weighted by Crippen LogP contribution is -2.38. The Morgan fingerprint density at radius 1 is 1.03 bits per heavy atom. The van der Waals surface area contributed by atoms with Gasteiger partial charge in [-0.1, -0.05) is 65.8 Å². The summed E-state index contributed by atoms with van der Waals surface area (Å²) in [4.78, 5) is 30.4. The molecule has 0 saturated heterocycles. The standard InChI is InChI=1S/C24H20ClN3O2S2/c1-15-6-2-3-7-18(15)26-23(30)22(16-10-12-17(25)13-11-16)28-21(29)14-31-24-27-19-8-4-5-9-20(19)32-24/h2-13,22H,14H2,1H3,(H,26,30)(H,28,29)/t22-/m0/s1. The number of benzene rings is 3. The molecule has 32 heavy (non-hydrogen) atoms. The number of carbonyl (C=O) groups is 2. The zero-order valence-electron chi connectivity index (χ0n) is 17.2. The van der Waals surface area contributed by atoms with Crippen molar-refractivity contribution in [3.8, 4) is 0 Å². The Morgan fingerprint density at radius 3 is 2.50 bits per heavy atom. The summed E-state index contributed by atoms with van der Waals surface area (Å²) < 4.78 is 1.89. The minimum absolute atomic E-state index is 0.154. The number of para-hydroxylation sites is 2. The monoisotopic (exact) mass is 481 g/mol. The van der Waals surface area contributed by atoms with Crippen LogP contribution in [0.2, 0.25) is 5.02 Å². The fraction of sp³-hybridized carbons (Fsp3) is 0.125. The number of nitrogens with one attached hydrogen (secondary N) is 2. The largest absolute Gasteiger partial charge is 0.340 e. The number of anilines is 1. The number of hydrogen-bond acceptors (Lipinski definition) is 5. The lowest BCUT2D eigenvalue weighted by atomic mass is 10.1. The van der Waals surface area contributed by atoms with E-state index in [9.17, 15) is 9.59 Å². The van der Waals surface area contributed by atoms with Crippen LogP contribution in [-0.2, 0) is 9.59 Å². The number of aromatic nitrogens is 1. The Morgan fingerprint density at radius 2 is 1.75 bits per heavy atom. The van der Waals surface area contributed by atoms with Crippen molar-refractivity contribution in [2.24, 2.45) is 0 Å². The van der Waals surface area contributed by atoms with E-state index in [1.807, 2.05) is 55.5 Å². The van der Waals surface area contributed by atoms with E-state index in [0.29, 0.717) is 16.3 Å². The normalized spacial score (nSPS) is 11.8. The molecule has 0 bridgehead atoms. The molecule has 8 heteroatoms. The van der Waals surface area contributed by atoms with E-state index in [2.05, 4.69) is 15.6 Å². The molecule has 0 aliphatic heterocycles. The second-order valence-electron chi connectivity index (χ2n) is 7.09. The van der Waals surface area contributed by atoms with Gasteiger partial charge < -0.3 is 10.6 Å². The molecule has 3 aromatic carbocycles. The molecular weight excluding hydrogens is 462 g/mol. The number of hydrogen-bond donors (Lipinski definition) is 2. The SMILES string of the molecule is Cc1ccccc1NC(=O)[C@@H](NC(=O)CSc1nc2ccccc2s1)c1ccc(Cl)cc1. The minimum Gasteiger partial charge on any atom is -0.340 e. The van der Waals surface area contributed by atoms with Crippen molar-refractivity contribution < 1.29 is 9.59 Å². The molecule has 0 spiro atoms.